The maximum Gasteiger partial charge on any atom is 0.253 e. The first kappa shape index (κ1) is 14.7. The van der Waals surface area contributed by atoms with Gasteiger partial charge in [0.05, 0.1) is 12.7 Å². The number of carbonyl (C=O) groups is 1. The Hall–Kier alpha value is -2.70. The molecule has 110 valence electrons. The molecule has 2 rings (SSSR count). The van der Waals surface area contributed by atoms with Gasteiger partial charge in [-0.2, -0.15) is 0 Å². The maximum atomic E-state index is 13.1. The number of nitrogens with zero attached hydrogens (tertiary/aromatic N) is 1. The van der Waals surface area contributed by atoms with Crippen LogP contribution in [0, 0.1) is 11.6 Å². The first-order valence-electron chi connectivity index (χ1n) is 6.03. The van der Waals surface area contributed by atoms with E-state index in [2.05, 4.69) is 10.3 Å². The maximum absolute atomic E-state index is 13.1. The van der Waals surface area contributed by atoms with Crippen LogP contribution in [-0.4, -0.2) is 18.0 Å². The molecule has 21 heavy (non-hydrogen) atoms. The molecule has 1 heterocycles. The van der Waals surface area contributed by atoms with Crippen molar-refractivity contribution in [3.8, 4) is 5.88 Å². The van der Waals surface area contributed by atoms with Crippen molar-refractivity contribution in [2.75, 3.05) is 12.8 Å². The summed E-state index contributed by atoms with van der Waals surface area (Å²) in [5.74, 6) is -2.40. The number of pyridine rings is 1. The van der Waals surface area contributed by atoms with Crippen LogP contribution in [-0.2, 0) is 6.54 Å². The van der Waals surface area contributed by atoms with E-state index in [0.29, 0.717) is 5.88 Å². The summed E-state index contributed by atoms with van der Waals surface area (Å²) in [7, 11) is 1.48. The van der Waals surface area contributed by atoms with Crippen molar-refractivity contribution in [2.24, 2.45) is 0 Å². The quantitative estimate of drug-likeness (QED) is 0.844. The Bertz CT molecular complexity index is 677. The number of aromatic nitrogens is 1. The van der Waals surface area contributed by atoms with Crippen LogP contribution >= 0.6 is 0 Å². The number of nitrogens with two attached hydrogens (primary N) is 1. The number of anilines is 1. The molecule has 0 unspecified atom stereocenters. The smallest absolute Gasteiger partial charge is 0.253 e. The van der Waals surface area contributed by atoms with E-state index in [1.54, 1.807) is 12.1 Å². The molecule has 0 spiro atoms. The summed E-state index contributed by atoms with van der Waals surface area (Å²) in [6, 6.07) is 4.89. The van der Waals surface area contributed by atoms with E-state index in [-0.39, 0.29) is 17.8 Å². The van der Waals surface area contributed by atoms with E-state index in [9.17, 15) is 13.6 Å². The molecule has 0 fully saturated rings. The first-order chi connectivity index (χ1) is 10.0. The number of nitrogens with one attached hydrogen (secondary N) is 1. The number of carbonyl (C=O) groups excluding carboxylic acids is 1. The van der Waals surface area contributed by atoms with Crippen molar-refractivity contribution < 1.29 is 18.3 Å². The van der Waals surface area contributed by atoms with Gasteiger partial charge in [0.25, 0.3) is 5.91 Å². The molecule has 1 aromatic heterocycles. The van der Waals surface area contributed by atoms with Crippen molar-refractivity contribution in [1.82, 2.24) is 10.3 Å². The topological polar surface area (TPSA) is 77.2 Å². The molecule has 0 aliphatic rings. The minimum absolute atomic E-state index is 0.116. The minimum Gasteiger partial charge on any atom is -0.481 e. The summed E-state index contributed by atoms with van der Waals surface area (Å²) >= 11 is 0. The number of hydrogen-bond acceptors (Lipinski definition) is 4. The third-order valence-corrected chi connectivity index (χ3v) is 2.80. The molecular weight excluding hydrogens is 280 g/mol. The Labute approximate surface area is 119 Å². The number of nitrogen functional groups attached to an aromatic ring is 1. The van der Waals surface area contributed by atoms with Gasteiger partial charge in [0.2, 0.25) is 5.88 Å². The highest BCUT2D eigenvalue weighted by molar-refractivity contribution is 5.99. The number of methoxy groups -OCH3 is 1. The van der Waals surface area contributed by atoms with Gasteiger partial charge in [-0.05, 0) is 17.7 Å². The van der Waals surface area contributed by atoms with Gasteiger partial charge in [-0.15, -0.1) is 0 Å². The Kier molecular flexibility index (Phi) is 4.32. The zero-order valence-electron chi connectivity index (χ0n) is 11.2. The molecule has 0 radical (unpaired) electrons. The fraction of sp³-hybridized carbons (Fsp3) is 0.143. The van der Waals surface area contributed by atoms with Crippen LogP contribution in [0.4, 0.5) is 14.5 Å². The summed E-state index contributed by atoms with van der Waals surface area (Å²) in [6.07, 6.45) is 1.53. The highest BCUT2D eigenvalue weighted by Crippen LogP contribution is 2.17. The fourth-order valence-electron chi connectivity index (χ4n) is 1.71. The molecule has 0 aliphatic heterocycles. The molecule has 1 aromatic carbocycles. The summed E-state index contributed by atoms with van der Waals surface area (Å²) in [6.45, 7) is 0.177. The lowest BCUT2D eigenvalue weighted by Crippen LogP contribution is -2.24. The van der Waals surface area contributed by atoms with Crippen molar-refractivity contribution in [3.63, 3.8) is 0 Å². The molecule has 0 saturated heterocycles. The van der Waals surface area contributed by atoms with E-state index in [1.807, 2.05) is 0 Å². The van der Waals surface area contributed by atoms with Crippen LogP contribution in [0.2, 0.25) is 0 Å². The van der Waals surface area contributed by atoms with Gasteiger partial charge in [-0.1, -0.05) is 0 Å². The largest absolute Gasteiger partial charge is 0.481 e. The molecular formula is C14H13F2N3O2. The highest BCUT2D eigenvalue weighted by atomic mass is 19.2. The number of ether oxygens (including phenoxy) is 1. The minimum atomic E-state index is -1.13. The van der Waals surface area contributed by atoms with Gasteiger partial charge in [0, 0.05) is 30.6 Å². The molecule has 2 aromatic rings. The van der Waals surface area contributed by atoms with E-state index >= 15 is 0 Å². The number of hydrogen-bond donors (Lipinski definition) is 2. The van der Waals surface area contributed by atoms with Crippen LogP contribution in [0.1, 0.15) is 15.9 Å². The van der Waals surface area contributed by atoms with Crippen molar-refractivity contribution in [1.29, 1.82) is 0 Å². The number of halogens is 2. The lowest BCUT2D eigenvalue weighted by atomic mass is 10.1. The molecule has 0 atom stereocenters. The summed E-state index contributed by atoms with van der Waals surface area (Å²) in [5.41, 5.74) is 6.01. The monoisotopic (exact) mass is 293 g/mol. The lowest BCUT2D eigenvalue weighted by Gasteiger charge is -2.09. The number of amides is 1. The Morgan fingerprint density at radius 2 is 2.05 bits per heavy atom. The van der Waals surface area contributed by atoms with Gasteiger partial charge >= 0.3 is 0 Å². The molecule has 0 saturated carbocycles. The Morgan fingerprint density at radius 1 is 1.33 bits per heavy atom. The molecule has 0 bridgehead atoms. The van der Waals surface area contributed by atoms with Crippen LogP contribution in [0.5, 0.6) is 5.88 Å². The van der Waals surface area contributed by atoms with Crippen LogP contribution < -0.4 is 15.8 Å². The average Bonchev–Trinajstić information content (AvgIpc) is 2.48. The average molecular weight is 293 g/mol. The molecule has 5 nitrogen and oxygen atoms in total. The van der Waals surface area contributed by atoms with E-state index in [1.165, 1.54) is 13.3 Å². The SMILES string of the molecule is COc1cc(CNC(=O)c2cc(F)c(F)cc2N)ccn1. The number of rotatable bonds is 4. The summed E-state index contributed by atoms with van der Waals surface area (Å²) in [4.78, 5) is 15.9. The third-order valence-electron chi connectivity index (χ3n) is 2.80. The van der Waals surface area contributed by atoms with Gasteiger partial charge in [0.1, 0.15) is 0 Å². The Morgan fingerprint density at radius 3 is 2.76 bits per heavy atom. The second-order valence-electron chi connectivity index (χ2n) is 4.24. The second-order valence-corrected chi connectivity index (χ2v) is 4.24. The first-order valence-corrected chi connectivity index (χ1v) is 6.03. The van der Waals surface area contributed by atoms with Crippen LogP contribution in [0.3, 0.4) is 0 Å². The van der Waals surface area contributed by atoms with Gasteiger partial charge in [-0.25, -0.2) is 13.8 Å². The van der Waals surface area contributed by atoms with E-state index in [0.717, 1.165) is 17.7 Å². The van der Waals surface area contributed by atoms with E-state index < -0.39 is 17.5 Å². The molecule has 1 amide bonds. The normalized spacial score (nSPS) is 10.2. The van der Waals surface area contributed by atoms with Gasteiger partial charge in [0.15, 0.2) is 11.6 Å². The van der Waals surface area contributed by atoms with Crippen molar-refractivity contribution in [2.45, 2.75) is 6.54 Å². The second kappa shape index (κ2) is 6.17. The van der Waals surface area contributed by atoms with Gasteiger partial charge in [-0.3, -0.25) is 4.79 Å². The lowest BCUT2D eigenvalue weighted by molar-refractivity contribution is 0.0951. The Balaban J connectivity index is 2.10. The standard InChI is InChI=1S/C14H13F2N3O2/c1-21-13-4-8(2-3-18-13)7-19-14(20)9-5-10(15)11(16)6-12(9)17/h2-6H,7,17H2,1H3,(H,19,20). The summed E-state index contributed by atoms with van der Waals surface area (Å²) < 4.78 is 31.1. The van der Waals surface area contributed by atoms with Gasteiger partial charge < -0.3 is 15.8 Å². The zero-order chi connectivity index (χ0) is 15.4. The predicted molar refractivity (Wildman–Crippen MR) is 72.7 cm³/mol. The molecule has 7 heteroatoms. The van der Waals surface area contributed by atoms with E-state index in [4.69, 9.17) is 10.5 Å². The van der Waals surface area contributed by atoms with Crippen LogP contribution in [0.15, 0.2) is 30.5 Å². The highest BCUT2D eigenvalue weighted by Gasteiger charge is 2.14. The van der Waals surface area contributed by atoms with Crippen LogP contribution in [0.25, 0.3) is 0 Å². The van der Waals surface area contributed by atoms with Crippen molar-refractivity contribution in [3.05, 3.63) is 53.2 Å². The predicted octanol–water partition coefficient (Wildman–Crippen LogP) is 1.88. The third kappa shape index (κ3) is 3.44. The van der Waals surface area contributed by atoms with Crippen molar-refractivity contribution >= 4 is 11.6 Å². The zero-order valence-corrected chi connectivity index (χ0v) is 11.2. The summed E-state index contributed by atoms with van der Waals surface area (Å²) in [5, 5.41) is 2.56. The molecule has 0 aliphatic carbocycles. The number of benzene rings is 1. The fourth-order valence-corrected chi connectivity index (χ4v) is 1.71. The molecule has 3 N–H and O–H groups in total.